The van der Waals surface area contributed by atoms with Gasteiger partial charge in [-0.3, -0.25) is 4.90 Å². The molecular weight excluding hydrogens is 234 g/mol. The Morgan fingerprint density at radius 1 is 1.21 bits per heavy atom. The van der Waals surface area contributed by atoms with E-state index in [1.807, 2.05) is 0 Å². The number of anilines is 1. The number of hydrogen-bond acceptors (Lipinski definition) is 3. The minimum Gasteiger partial charge on any atom is -0.383 e. The maximum Gasteiger partial charge on any atom is 0.0405 e. The highest BCUT2D eigenvalue weighted by Crippen LogP contribution is 2.26. The number of hydrogen-bond donors (Lipinski definition) is 2. The largest absolute Gasteiger partial charge is 0.383 e. The van der Waals surface area contributed by atoms with E-state index in [1.54, 1.807) is 0 Å². The van der Waals surface area contributed by atoms with Crippen LogP contribution in [-0.2, 0) is 0 Å². The highest BCUT2D eigenvalue weighted by atomic mass is 15.2. The topological polar surface area (TPSA) is 27.3 Å². The van der Waals surface area contributed by atoms with E-state index >= 15 is 0 Å². The van der Waals surface area contributed by atoms with Crippen LogP contribution in [0.1, 0.15) is 22.3 Å². The summed E-state index contributed by atoms with van der Waals surface area (Å²) in [7, 11) is 2.22. The highest BCUT2D eigenvalue weighted by molar-refractivity contribution is 5.62. The van der Waals surface area contributed by atoms with E-state index in [0.717, 1.165) is 26.2 Å². The third-order valence-corrected chi connectivity index (χ3v) is 4.53. The standard InChI is InChI=1S/C16H27N3/c1-11-8-12(2)14(4)16(13(11)3)18-10-15-9-17-6-7-19(15)5/h8,15,17-18H,6-7,9-10H2,1-5H3. The summed E-state index contributed by atoms with van der Waals surface area (Å²) in [5.41, 5.74) is 6.85. The van der Waals surface area contributed by atoms with Crippen molar-refractivity contribution in [2.24, 2.45) is 0 Å². The fraction of sp³-hybridized carbons (Fsp3) is 0.625. The molecule has 3 nitrogen and oxygen atoms in total. The summed E-state index contributed by atoms with van der Waals surface area (Å²) in [6, 6.07) is 2.86. The van der Waals surface area contributed by atoms with E-state index in [2.05, 4.69) is 56.3 Å². The minimum absolute atomic E-state index is 0.577. The Labute approximate surface area is 117 Å². The number of benzene rings is 1. The number of nitrogens with one attached hydrogen (secondary N) is 2. The zero-order valence-corrected chi connectivity index (χ0v) is 12.9. The minimum atomic E-state index is 0.577. The van der Waals surface area contributed by atoms with E-state index in [-0.39, 0.29) is 0 Å². The lowest BCUT2D eigenvalue weighted by atomic mass is 9.98. The molecule has 1 aromatic rings. The smallest absolute Gasteiger partial charge is 0.0405 e. The molecule has 3 heteroatoms. The van der Waals surface area contributed by atoms with Gasteiger partial charge in [0.1, 0.15) is 0 Å². The van der Waals surface area contributed by atoms with Crippen molar-refractivity contribution in [3.8, 4) is 0 Å². The van der Waals surface area contributed by atoms with Gasteiger partial charge in [-0.05, 0) is 57.0 Å². The molecule has 1 atom stereocenters. The van der Waals surface area contributed by atoms with Crippen LogP contribution < -0.4 is 10.6 Å². The third kappa shape index (κ3) is 3.10. The maximum atomic E-state index is 3.68. The van der Waals surface area contributed by atoms with E-state index < -0.39 is 0 Å². The van der Waals surface area contributed by atoms with Crippen LogP contribution in [0.25, 0.3) is 0 Å². The molecule has 1 saturated heterocycles. The first-order valence-corrected chi connectivity index (χ1v) is 7.23. The lowest BCUT2D eigenvalue weighted by molar-refractivity contribution is 0.209. The number of nitrogens with zero attached hydrogens (tertiary/aromatic N) is 1. The Balaban J connectivity index is 2.11. The van der Waals surface area contributed by atoms with Gasteiger partial charge >= 0.3 is 0 Å². The van der Waals surface area contributed by atoms with Gasteiger partial charge in [-0.25, -0.2) is 0 Å². The maximum absolute atomic E-state index is 3.68. The monoisotopic (exact) mass is 261 g/mol. The first-order chi connectivity index (χ1) is 9.00. The number of aryl methyl sites for hydroxylation is 2. The molecule has 0 spiro atoms. The van der Waals surface area contributed by atoms with Crippen molar-refractivity contribution in [2.45, 2.75) is 33.7 Å². The van der Waals surface area contributed by atoms with E-state index in [0.29, 0.717) is 6.04 Å². The van der Waals surface area contributed by atoms with Crippen LogP contribution in [0.5, 0.6) is 0 Å². The molecule has 2 N–H and O–H groups in total. The van der Waals surface area contributed by atoms with E-state index in [1.165, 1.54) is 27.9 Å². The molecule has 1 fully saturated rings. The summed E-state index contributed by atoms with van der Waals surface area (Å²) in [6.07, 6.45) is 0. The average Bonchev–Trinajstić information content (AvgIpc) is 2.38. The number of rotatable bonds is 3. The predicted octanol–water partition coefficient (Wildman–Crippen LogP) is 2.24. The Morgan fingerprint density at radius 2 is 1.84 bits per heavy atom. The van der Waals surface area contributed by atoms with Crippen molar-refractivity contribution in [1.82, 2.24) is 10.2 Å². The summed E-state index contributed by atoms with van der Waals surface area (Å²) in [5.74, 6) is 0. The van der Waals surface area contributed by atoms with Crippen molar-refractivity contribution in [3.05, 3.63) is 28.3 Å². The molecule has 2 rings (SSSR count). The predicted molar refractivity (Wildman–Crippen MR) is 83.2 cm³/mol. The molecule has 0 amide bonds. The fourth-order valence-corrected chi connectivity index (χ4v) is 2.79. The van der Waals surface area contributed by atoms with Crippen LogP contribution in [0, 0.1) is 27.7 Å². The Kier molecular flexibility index (Phi) is 4.48. The first kappa shape index (κ1) is 14.4. The van der Waals surface area contributed by atoms with Gasteiger partial charge in [-0.2, -0.15) is 0 Å². The van der Waals surface area contributed by atoms with Gasteiger partial charge in [0.2, 0.25) is 0 Å². The molecule has 0 saturated carbocycles. The van der Waals surface area contributed by atoms with Crippen LogP contribution in [0.4, 0.5) is 5.69 Å². The molecule has 0 aliphatic carbocycles. The second-order valence-corrected chi connectivity index (χ2v) is 5.85. The van der Waals surface area contributed by atoms with Crippen LogP contribution >= 0.6 is 0 Å². The van der Waals surface area contributed by atoms with Gasteiger partial charge in [-0.1, -0.05) is 6.07 Å². The van der Waals surface area contributed by atoms with Crippen molar-refractivity contribution < 1.29 is 0 Å². The highest BCUT2D eigenvalue weighted by Gasteiger charge is 2.18. The van der Waals surface area contributed by atoms with Crippen LogP contribution in [0.2, 0.25) is 0 Å². The lowest BCUT2D eigenvalue weighted by Crippen LogP contribution is -2.52. The molecular formula is C16H27N3. The molecule has 1 aliphatic heterocycles. The van der Waals surface area contributed by atoms with Gasteiger partial charge in [-0.15, -0.1) is 0 Å². The second-order valence-electron chi connectivity index (χ2n) is 5.85. The zero-order chi connectivity index (χ0) is 14.0. The van der Waals surface area contributed by atoms with Crippen molar-refractivity contribution in [1.29, 1.82) is 0 Å². The first-order valence-electron chi connectivity index (χ1n) is 7.23. The molecule has 0 radical (unpaired) electrons. The average molecular weight is 261 g/mol. The molecule has 1 heterocycles. The Hall–Kier alpha value is -1.06. The van der Waals surface area contributed by atoms with Gasteiger partial charge in [0.15, 0.2) is 0 Å². The van der Waals surface area contributed by atoms with Crippen molar-refractivity contribution in [3.63, 3.8) is 0 Å². The fourth-order valence-electron chi connectivity index (χ4n) is 2.79. The molecule has 1 aliphatic rings. The van der Waals surface area contributed by atoms with Crippen LogP contribution in [0.15, 0.2) is 6.07 Å². The summed E-state index contributed by atoms with van der Waals surface area (Å²) >= 11 is 0. The summed E-state index contributed by atoms with van der Waals surface area (Å²) < 4.78 is 0. The van der Waals surface area contributed by atoms with E-state index in [9.17, 15) is 0 Å². The van der Waals surface area contributed by atoms with Gasteiger partial charge in [0, 0.05) is 37.9 Å². The Bertz CT molecular complexity index is 428. The summed E-state index contributed by atoms with van der Waals surface area (Å²) in [5, 5.41) is 7.15. The molecule has 0 bridgehead atoms. The van der Waals surface area contributed by atoms with Crippen LogP contribution in [-0.4, -0.2) is 44.2 Å². The third-order valence-electron chi connectivity index (χ3n) is 4.53. The van der Waals surface area contributed by atoms with Gasteiger partial charge < -0.3 is 10.6 Å². The number of piperazine rings is 1. The van der Waals surface area contributed by atoms with Crippen LogP contribution in [0.3, 0.4) is 0 Å². The normalized spacial score (nSPS) is 20.6. The number of likely N-dealkylation sites (N-methyl/N-ethyl adjacent to an activating group) is 1. The Morgan fingerprint density at radius 3 is 2.42 bits per heavy atom. The molecule has 1 unspecified atom stereocenters. The summed E-state index contributed by atoms with van der Waals surface area (Å²) in [6.45, 7) is 13.1. The SMILES string of the molecule is Cc1cc(C)c(C)c(NCC2CNCCN2C)c1C. The quantitative estimate of drug-likeness (QED) is 0.874. The lowest BCUT2D eigenvalue weighted by Gasteiger charge is -2.33. The molecule has 1 aromatic carbocycles. The summed E-state index contributed by atoms with van der Waals surface area (Å²) in [4.78, 5) is 2.44. The second kappa shape index (κ2) is 5.93. The van der Waals surface area contributed by atoms with Crippen molar-refractivity contribution >= 4 is 5.69 Å². The van der Waals surface area contributed by atoms with Gasteiger partial charge in [0.05, 0.1) is 0 Å². The van der Waals surface area contributed by atoms with Crippen molar-refractivity contribution in [2.75, 3.05) is 38.5 Å². The van der Waals surface area contributed by atoms with E-state index in [4.69, 9.17) is 0 Å². The molecule has 19 heavy (non-hydrogen) atoms. The zero-order valence-electron chi connectivity index (χ0n) is 12.9. The molecule has 0 aromatic heterocycles. The molecule has 106 valence electrons. The van der Waals surface area contributed by atoms with Gasteiger partial charge in [0.25, 0.3) is 0 Å².